The number of aromatic nitrogens is 2. The normalized spacial score (nSPS) is 16.1. The molecule has 0 radical (unpaired) electrons. The molecule has 0 spiro atoms. The fraction of sp³-hybridized carbons (Fsp3) is 0.286. The number of aromatic carboxylic acids is 1. The number of oxime groups is 1. The summed E-state index contributed by atoms with van der Waals surface area (Å²) in [6.07, 6.45) is 7.83. The number of carbonyl (C=O) groups is 1. The Kier molecular flexibility index (Phi) is 6.00. The van der Waals surface area contributed by atoms with Crippen LogP contribution in [-0.2, 0) is 17.9 Å². The van der Waals surface area contributed by atoms with Crippen LogP contribution in [0.4, 0.5) is 0 Å². The van der Waals surface area contributed by atoms with Gasteiger partial charge in [-0.3, -0.25) is 9.78 Å². The summed E-state index contributed by atoms with van der Waals surface area (Å²) in [5.41, 5.74) is 4.56. The van der Waals surface area contributed by atoms with Crippen LogP contribution < -0.4 is 10.2 Å². The molecule has 0 bridgehead atoms. The van der Waals surface area contributed by atoms with Crippen molar-refractivity contribution in [3.63, 3.8) is 0 Å². The molecule has 2 aliphatic rings. The molecule has 2 N–H and O–H groups in total. The lowest BCUT2D eigenvalue weighted by molar-refractivity contribution is 0.0695. The Balaban J connectivity index is 1.44. The molecule has 0 atom stereocenters. The van der Waals surface area contributed by atoms with Gasteiger partial charge >= 0.3 is 5.97 Å². The average Bonchev–Trinajstić information content (AvgIpc) is 3.66. The van der Waals surface area contributed by atoms with E-state index in [1.807, 2.05) is 24.3 Å². The number of methoxy groups -OCH3 is 1. The van der Waals surface area contributed by atoms with Crippen LogP contribution in [0.5, 0.6) is 5.75 Å². The third kappa shape index (κ3) is 4.29. The molecule has 2 aliphatic carbocycles. The fourth-order valence-electron chi connectivity index (χ4n) is 4.98. The van der Waals surface area contributed by atoms with Crippen molar-refractivity contribution in [1.29, 1.82) is 0 Å². The molecule has 6 rings (SSSR count). The Bertz CT molecular complexity index is 1600. The number of carboxylic acids is 1. The number of hydrogen-bond donors (Lipinski definition) is 2. The van der Waals surface area contributed by atoms with Crippen LogP contribution >= 0.6 is 11.3 Å². The third-order valence-corrected chi connectivity index (χ3v) is 8.12. The second kappa shape index (κ2) is 9.48. The molecule has 1 aromatic carbocycles. The SMILES string of the molecule is COc1c(-c2cc3c(s2)CCC/C3=N\OCc2ccccn2)c(C2CC2)cc2c(=O)c(C(=O)O)c[nH]c12. The van der Waals surface area contributed by atoms with Crippen molar-refractivity contribution in [3.05, 3.63) is 80.2 Å². The van der Waals surface area contributed by atoms with E-state index in [0.717, 1.165) is 65.1 Å². The van der Waals surface area contributed by atoms with Gasteiger partial charge in [0.1, 0.15) is 5.56 Å². The monoisotopic (exact) mass is 515 g/mol. The highest BCUT2D eigenvalue weighted by atomic mass is 32.1. The Morgan fingerprint density at radius 2 is 2.14 bits per heavy atom. The van der Waals surface area contributed by atoms with Crippen LogP contribution in [0.15, 0.2) is 52.7 Å². The lowest BCUT2D eigenvalue weighted by atomic mass is 9.94. The summed E-state index contributed by atoms with van der Waals surface area (Å²) in [5, 5.41) is 14.3. The van der Waals surface area contributed by atoms with Crippen molar-refractivity contribution in [2.24, 2.45) is 5.16 Å². The summed E-state index contributed by atoms with van der Waals surface area (Å²) in [6, 6.07) is 9.71. The minimum absolute atomic E-state index is 0.276. The summed E-state index contributed by atoms with van der Waals surface area (Å²) in [4.78, 5) is 39.8. The van der Waals surface area contributed by atoms with Gasteiger partial charge < -0.3 is 19.7 Å². The number of aryl methyl sites for hydroxylation is 1. The number of rotatable bonds is 7. The van der Waals surface area contributed by atoms with Gasteiger partial charge in [0.15, 0.2) is 12.4 Å². The molecule has 8 nitrogen and oxygen atoms in total. The number of H-pyrrole nitrogens is 1. The predicted octanol–water partition coefficient (Wildman–Crippen LogP) is 5.49. The maximum atomic E-state index is 13.0. The number of benzene rings is 1. The Hall–Kier alpha value is -3.98. The van der Waals surface area contributed by atoms with E-state index in [4.69, 9.17) is 9.57 Å². The van der Waals surface area contributed by atoms with Crippen LogP contribution in [0.1, 0.15) is 63.7 Å². The zero-order chi connectivity index (χ0) is 25.5. The topological polar surface area (TPSA) is 114 Å². The molecule has 3 aromatic heterocycles. The number of hydrogen-bond acceptors (Lipinski definition) is 7. The lowest BCUT2D eigenvalue weighted by Gasteiger charge is -2.16. The Morgan fingerprint density at radius 1 is 1.27 bits per heavy atom. The summed E-state index contributed by atoms with van der Waals surface area (Å²) >= 11 is 1.72. The molecule has 1 saturated carbocycles. The van der Waals surface area contributed by atoms with Crippen molar-refractivity contribution < 1.29 is 19.5 Å². The van der Waals surface area contributed by atoms with E-state index < -0.39 is 11.4 Å². The number of aromatic amines is 1. The van der Waals surface area contributed by atoms with Crippen LogP contribution in [0, 0.1) is 0 Å². The third-order valence-electron chi connectivity index (χ3n) is 6.91. The second-order valence-electron chi connectivity index (χ2n) is 9.34. The van der Waals surface area contributed by atoms with Crippen molar-refractivity contribution in [2.45, 2.75) is 44.6 Å². The van der Waals surface area contributed by atoms with Crippen LogP contribution in [-0.4, -0.2) is 33.9 Å². The van der Waals surface area contributed by atoms with Gasteiger partial charge in [0, 0.05) is 33.3 Å². The maximum Gasteiger partial charge on any atom is 0.341 e. The van der Waals surface area contributed by atoms with Gasteiger partial charge in [-0.2, -0.15) is 0 Å². The number of ether oxygens (including phenoxy) is 1. The molecule has 9 heteroatoms. The number of nitrogens with one attached hydrogen (secondary N) is 1. The summed E-state index contributed by atoms with van der Waals surface area (Å²) in [6.45, 7) is 0.312. The maximum absolute atomic E-state index is 13.0. The molecule has 0 unspecified atom stereocenters. The number of nitrogens with zero attached hydrogens (tertiary/aromatic N) is 2. The van der Waals surface area contributed by atoms with Crippen molar-refractivity contribution in [1.82, 2.24) is 9.97 Å². The van der Waals surface area contributed by atoms with E-state index in [2.05, 4.69) is 21.2 Å². The predicted molar refractivity (Wildman–Crippen MR) is 142 cm³/mol. The molecule has 0 amide bonds. The van der Waals surface area contributed by atoms with Crippen molar-refractivity contribution in [3.8, 4) is 16.2 Å². The lowest BCUT2D eigenvalue weighted by Crippen LogP contribution is -2.16. The van der Waals surface area contributed by atoms with Gasteiger partial charge in [-0.25, -0.2) is 4.79 Å². The largest absolute Gasteiger partial charge is 0.494 e. The second-order valence-corrected chi connectivity index (χ2v) is 10.5. The molecule has 1 fully saturated rings. The highest BCUT2D eigenvalue weighted by Gasteiger charge is 2.32. The highest BCUT2D eigenvalue weighted by Crippen LogP contribution is 2.51. The molecule has 0 aliphatic heterocycles. The van der Waals surface area contributed by atoms with Gasteiger partial charge in [-0.15, -0.1) is 11.3 Å². The van der Waals surface area contributed by atoms with Gasteiger partial charge in [0.25, 0.3) is 0 Å². The van der Waals surface area contributed by atoms with Crippen molar-refractivity contribution >= 4 is 33.9 Å². The van der Waals surface area contributed by atoms with E-state index in [-0.39, 0.29) is 5.56 Å². The highest BCUT2D eigenvalue weighted by molar-refractivity contribution is 7.16. The van der Waals surface area contributed by atoms with Crippen LogP contribution in [0.3, 0.4) is 0 Å². The molecule has 37 heavy (non-hydrogen) atoms. The quantitative estimate of drug-likeness (QED) is 0.315. The van der Waals surface area contributed by atoms with Crippen LogP contribution in [0.2, 0.25) is 0 Å². The van der Waals surface area contributed by atoms with E-state index in [0.29, 0.717) is 29.2 Å². The average molecular weight is 516 g/mol. The van der Waals surface area contributed by atoms with Crippen molar-refractivity contribution in [2.75, 3.05) is 7.11 Å². The van der Waals surface area contributed by atoms with Gasteiger partial charge in [-0.05, 0) is 67.9 Å². The first-order valence-electron chi connectivity index (χ1n) is 12.3. The van der Waals surface area contributed by atoms with E-state index >= 15 is 0 Å². The number of thiophene rings is 1. The number of fused-ring (bicyclic) bond motifs is 2. The molecule has 0 saturated heterocycles. The first-order chi connectivity index (χ1) is 18.0. The fourth-order valence-corrected chi connectivity index (χ4v) is 6.26. The standard InChI is InChI=1S/C28H25N3O5S/c1-35-27-24(17(15-8-9-15)11-19-25(27)30-13-20(26(19)32)28(33)34)23-12-18-21(6-4-7-22(18)37-23)31-36-14-16-5-2-3-10-29-16/h2-3,5,10-13,15H,4,6-9,14H2,1H3,(H,30,32)(H,33,34)/b31-21+. The van der Waals surface area contributed by atoms with E-state index in [1.54, 1.807) is 24.6 Å². The number of pyridine rings is 2. The van der Waals surface area contributed by atoms with Gasteiger partial charge in [0.2, 0.25) is 5.43 Å². The van der Waals surface area contributed by atoms with E-state index in [9.17, 15) is 14.7 Å². The zero-order valence-electron chi connectivity index (χ0n) is 20.2. The molecule has 188 valence electrons. The zero-order valence-corrected chi connectivity index (χ0v) is 21.1. The smallest absolute Gasteiger partial charge is 0.341 e. The first-order valence-corrected chi connectivity index (χ1v) is 13.1. The Morgan fingerprint density at radius 3 is 2.86 bits per heavy atom. The minimum Gasteiger partial charge on any atom is -0.494 e. The molecule has 3 heterocycles. The summed E-state index contributed by atoms with van der Waals surface area (Å²) < 4.78 is 5.89. The van der Waals surface area contributed by atoms with Crippen LogP contribution in [0.25, 0.3) is 21.3 Å². The Labute approximate surface area is 216 Å². The molecule has 4 aromatic rings. The minimum atomic E-state index is -1.25. The van der Waals surface area contributed by atoms with Gasteiger partial charge in [0.05, 0.1) is 29.4 Å². The summed E-state index contributed by atoms with van der Waals surface area (Å²) in [5.74, 6) is -0.366. The number of carboxylic acid groups (broad SMARTS) is 1. The summed E-state index contributed by atoms with van der Waals surface area (Å²) in [7, 11) is 1.59. The molecular formula is C28H25N3O5S. The molecular weight excluding hydrogens is 490 g/mol. The van der Waals surface area contributed by atoms with E-state index in [1.165, 1.54) is 11.1 Å². The first kappa shape index (κ1) is 23.4. The van der Waals surface area contributed by atoms with Gasteiger partial charge in [-0.1, -0.05) is 11.2 Å².